The Morgan fingerprint density at radius 3 is 2.30 bits per heavy atom. The highest BCUT2D eigenvalue weighted by atomic mass is 19.1. The molecule has 0 fully saturated rings. The van der Waals surface area contributed by atoms with Gasteiger partial charge in [-0.1, -0.05) is 29.8 Å². The van der Waals surface area contributed by atoms with E-state index < -0.39 is 11.8 Å². The van der Waals surface area contributed by atoms with Crippen molar-refractivity contribution in [1.29, 1.82) is 0 Å². The van der Waals surface area contributed by atoms with Gasteiger partial charge in [0.25, 0.3) is 0 Å². The van der Waals surface area contributed by atoms with Crippen molar-refractivity contribution >= 4 is 11.7 Å². The van der Waals surface area contributed by atoms with Crippen LogP contribution in [0.5, 0.6) is 5.75 Å². The average Bonchev–Trinajstić information content (AvgIpc) is 2.68. The Morgan fingerprint density at radius 1 is 1.04 bits per heavy atom. The number of methoxy groups -OCH3 is 2. The molecule has 1 aromatic heterocycles. The van der Waals surface area contributed by atoms with Crippen molar-refractivity contribution in [2.45, 2.75) is 6.92 Å². The zero-order valence-electron chi connectivity index (χ0n) is 15.2. The monoisotopic (exact) mass is 366 g/mol. The molecule has 0 aliphatic carbocycles. The molecule has 0 atom stereocenters. The summed E-state index contributed by atoms with van der Waals surface area (Å²) in [4.78, 5) is 16.8. The number of aryl methyl sites for hydroxylation is 1. The number of esters is 1. The molecule has 138 valence electrons. The lowest BCUT2D eigenvalue weighted by atomic mass is 10.0. The third kappa shape index (κ3) is 3.60. The van der Waals surface area contributed by atoms with Crippen LogP contribution in [0.4, 0.5) is 10.1 Å². The first-order valence-corrected chi connectivity index (χ1v) is 8.24. The predicted molar refractivity (Wildman–Crippen MR) is 102 cm³/mol. The number of rotatable bonds is 4. The van der Waals surface area contributed by atoms with Crippen LogP contribution in [0.25, 0.3) is 22.5 Å². The second-order valence-corrected chi connectivity index (χ2v) is 6.02. The third-order valence-electron chi connectivity index (χ3n) is 4.24. The van der Waals surface area contributed by atoms with E-state index >= 15 is 0 Å². The number of benzene rings is 2. The lowest BCUT2D eigenvalue weighted by molar-refractivity contribution is 0.0602. The number of pyridine rings is 1. The van der Waals surface area contributed by atoms with Gasteiger partial charge in [0.05, 0.1) is 36.9 Å². The molecule has 0 saturated carbocycles. The maximum Gasteiger partial charge on any atom is 0.340 e. The van der Waals surface area contributed by atoms with E-state index in [4.69, 9.17) is 15.2 Å². The van der Waals surface area contributed by atoms with Crippen LogP contribution in [0, 0.1) is 12.7 Å². The molecule has 6 heteroatoms. The number of aromatic nitrogens is 1. The highest BCUT2D eigenvalue weighted by Crippen LogP contribution is 2.33. The summed E-state index contributed by atoms with van der Waals surface area (Å²) >= 11 is 0. The van der Waals surface area contributed by atoms with Gasteiger partial charge in [0.2, 0.25) is 0 Å². The van der Waals surface area contributed by atoms with E-state index in [1.807, 2.05) is 31.2 Å². The van der Waals surface area contributed by atoms with Crippen LogP contribution in [0.2, 0.25) is 0 Å². The number of hydrogen-bond acceptors (Lipinski definition) is 5. The number of carbonyl (C=O) groups is 1. The maximum absolute atomic E-state index is 14.1. The zero-order valence-corrected chi connectivity index (χ0v) is 15.2. The molecule has 3 rings (SSSR count). The van der Waals surface area contributed by atoms with Gasteiger partial charge in [0, 0.05) is 11.1 Å². The number of ether oxygens (including phenoxy) is 2. The smallest absolute Gasteiger partial charge is 0.340 e. The Morgan fingerprint density at radius 2 is 1.70 bits per heavy atom. The topological polar surface area (TPSA) is 74.4 Å². The molecule has 3 aromatic rings. The summed E-state index contributed by atoms with van der Waals surface area (Å²) in [5.41, 5.74) is 9.74. The molecule has 0 aliphatic rings. The molecule has 0 amide bonds. The van der Waals surface area contributed by atoms with Gasteiger partial charge in [0.15, 0.2) is 11.6 Å². The normalized spacial score (nSPS) is 10.5. The minimum atomic E-state index is -0.585. The van der Waals surface area contributed by atoms with E-state index in [0.717, 1.165) is 11.1 Å². The number of halogens is 1. The average molecular weight is 366 g/mol. The van der Waals surface area contributed by atoms with Crippen molar-refractivity contribution in [3.05, 3.63) is 65.5 Å². The first-order chi connectivity index (χ1) is 12.9. The number of nitrogens with zero attached hydrogens (tertiary/aromatic N) is 1. The summed E-state index contributed by atoms with van der Waals surface area (Å²) in [6, 6.07) is 13.6. The van der Waals surface area contributed by atoms with Gasteiger partial charge >= 0.3 is 5.97 Å². The molecule has 27 heavy (non-hydrogen) atoms. The highest BCUT2D eigenvalue weighted by Gasteiger charge is 2.19. The van der Waals surface area contributed by atoms with Crippen molar-refractivity contribution in [2.24, 2.45) is 0 Å². The Hall–Kier alpha value is -3.41. The number of nitrogen functional groups attached to an aromatic ring is 1. The third-order valence-corrected chi connectivity index (χ3v) is 4.24. The molecule has 5 nitrogen and oxygen atoms in total. The van der Waals surface area contributed by atoms with E-state index in [1.165, 1.54) is 32.4 Å². The fourth-order valence-corrected chi connectivity index (χ4v) is 2.74. The van der Waals surface area contributed by atoms with Crippen molar-refractivity contribution in [3.8, 4) is 28.3 Å². The van der Waals surface area contributed by atoms with Crippen LogP contribution in [0.3, 0.4) is 0 Å². The summed E-state index contributed by atoms with van der Waals surface area (Å²) in [7, 11) is 2.67. The lowest BCUT2D eigenvalue weighted by Gasteiger charge is -2.13. The summed E-state index contributed by atoms with van der Waals surface area (Å²) < 4.78 is 23.9. The molecular weight excluding hydrogens is 347 g/mol. The van der Waals surface area contributed by atoms with Gasteiger partial charge in [-0.3, -0.25) is 0 Å². The van der Waals surface area contributed by atoms with Crippen LogP contribution >= 0.6 is 0 Å². The fourth-order valence-electron chi connectivity index (χ4n) is 2.74. The van der Waals surface area contributed by atoms with Gasteiger partial charge in [-0.15, -0.1) is 0 Å². The van der Waals surface area contributed by atoms with Gasteiger partial charge in [0.1, 0.15) is 0 Å². The molecule has 0 bridgehead atoms. The number of carbonyl (C=O) groups excluding carboxylic acids is 1. The number of nitrogens with two attached hydrogens (primary N) is 1. The molecule has 0 aliphatic heterocycles. The van der Waals surface area contributed by atoms with Crippen LogP contribution in [-0.2, 0) is 4.74 Å². The fraction of sp³-hybridized carbons (Fsp3) is 0.143. The lowest BCUT2D eigenvalue weighted by Crippen LogP contribution is -2.09. The van der Waals surface area contributed by atoms with Crippen molar-refractivity contribution in [3.63, 3.8) is 0 Å². The minimum Gasteiger partial charge on any atom is -0.494 e. The van der Waals surface area contributed by atoms with Crippen molar-refractivity contribution < 1.29 is 18.7 Å². The molecule has 0 radical (unpaired) electrons. The van der Waals surface area contributed by atoms with Crippen molar-refractivity contribution in [1.82, 2.24) is 4.98 Å². The molecule has 0 spiro atoms. The van der Waals surface area contributed by atoms with Crippen LogP contribution < -0.4 is 10.5 Å². The molecule has 2 N–H and O–H groups in total. The number of hydrogen-bond donors (Lipinski definition) is 1. The molecule has 0 unspecified atom stereocenters. The summed E-state index contributed by atoms with van der Waals surface area (Å²) in [5, 5.41) is 0. The second kappa shape index (κ2) is 7.45. The maximum atomic E-state index is 14.1. The van der Waals surface area contributed by atoms with E-state index in [1.54, 1.807) is 6.07 Å². The van der Waals surface area contributed by atoms with Crippen molar-refractivity contribution in [2.75, 3.05) is 20.0 Å². The Kier molecular flexibility index (Phi) is 5.07. The molecule has 0 saturated heterocycles. The van der Waals surface area contributed by atoms with E-state index in [9.17, 15) is 9.18 Å². The Balaban J connectivity index is 2.22. The second-order valence-electron chi connectivity index (χ2n) is 6.02. The number of anilines is 1. The van der Waals surface area contributed by atoms with Crippen LogP contribution in [-0.4, -0.2) is 25.2 Å². The molecule has 1 heterocycles. The Bertz CT molecular complexity index is 1000. The summed E-state index contributed by atoms with van der Waals surface area (Å²) in [6.45, 7) is 1.97. The van der Waals surface area contributed by atoms with Gasteiger partial charge in [-0.2, -0.15) is 0 Å². The van der Waals surface area contributed by atoms with Gasteiger partial charge in [-0.25, -0.2) is 14.2 Å². The van der Waals surface area contributed by atoms with E-state index in [2.05, 4.69) is 4.98 Å². The highest BCUT2D eigenvalue weighted by molar-refractivity contribution is 5.99. The largest absolute Gasteiger partial charge is 0.494 e. The van der Waals surface area contributed by atoms with Gasteiger partial charge in [-0.05, 0) is 31.2 Å². The quantitative estimate of drug-likeness (QED) is 0.699. The summed E-state index contributed by atoms with van der Waals surface area (Å²) in [5.74, 6) is -0.982. The zero-order chi connectivity index (χ0) is 19.6. The SMILES string of the molecule is COC(=O)c1cc(-c2ccc(OC)c(F)c2)nc(-c2ccc(C)cc2)c1N. The first-order valence-electron chi connectivity index (χ1n) is 8.24. The first kappa shape index (κ1) is 18.4. The van der Waals surface area contributed by atoms with E-state index in [0.29, 0.717) is 17.0 Å². The Labute approximate surface area is 156 Å². The minimum absolute atomic E-state index is 0.126. The summed E-state index contributed by atoms with van der Waals surface area (Å²) in [6.07, 6.45) is 0. The molecule has 2 aromatic carbocycles. The van der Waals surface area contributed by atoms with E-state index in [-0.39, 0.29) is 17.0 Å². The predicted octanol–water partition coefficient (Wildman–Crippen LogP) is 4.24. The van der Waals surface area contributed by atoms with Crippen LogP contribution in [0.15, 0.2) is 48.5 Å². The van der Waals surface area contributed by atoms with Crippen LogP contribution in [0.1, 0.15) is 15.9 Å². The standard InChI is InChI=1S/C21H19FN2O3/c1-12-4-6-13(7-5-12)20-19(23)15(21(25)27-3)11-17(24-20)14-8-9-18(26-2)16(22)10-14/h4-11H,23H2,1-3H3. The van der Waals surface area contributed by atoms with Gasteiger partial charge < -0.3 is 15.2 Å². The molecular formula is C21H19FN2O3.